The Balaban J connectivity index is 2.04. The van der Waals surface area contributed by atoms with E-state index < -0.39 is 0 Å². The van der Waals surface area contributed by atoms with Crippen molar-refractivity contribution in [2.24, 2.45) is 0 Å². The SMILES string of the molecule is CCc1cc(NCc2ccc(Cl)s2)ccc1C. The van der Waals surface area contributed by atoms with Crippen LogP contribution in [0.15, 0.2) is 30.3 Å². The van der Waals surface area contributed by atoms with Gasteiger partial charge in [0.15, 0.2) is 0 Å². The maximum absolute atomic E-state index is 5.90. The lowest BCUT2D eigenvalue weighted by Crippen LogP contribution is -1.98. The molecule has 0 aliphatic heterocycles. The van der Waals surface area contributed by atoms with E-state index in [-0.39, 0.29) is 0 Å². The van der Waals surface area contributed by atoms with Crippen LogP contribution >= 0.6 is 22.9 Å². The lowest BCUT2D eigenvalue weighted by Gasteiger charge is -2.09. The molecule has 0 saturated heterocycles. The first kappa shape index (κ1) is 12.5. The molecule has 0 saturated carbocycles. The molecule has 0 spiro atoms. The minimum Gasteiger partial charge on any atom is -0.380 e. The van der Waals surface area contributed by atoms with Gasteiger partial charge in [0.2, 0.25) is 0 Å². The zero-order valence-electron chi connectivity index (χ0n) is 10.1. The summed E-state index contributed by atoms with van der Waals surface area (Å²) in [6.07, 6.45) is 1.08. The number of aryl methyl sites for hydroxylation is 2. The molecule has 2 aromatic rings. The highest BCUT2D eigenvalue weighted by molar-refractivity contribution is 7.16. The second-order valence-corrected chi connectivity index (χ2v) is 5.85. The van der Waals surface area contributed by atoms with Crippen LogP contribution in [0, 0.1) is 6.92 Å². The van der Waals surface area contributed by atoms with Gasteiger partial charge in [0, 0.05) is 17.1 Å². The van der Waals surface area contributed by atoms with E-state index in [2.05, 4.69) is 43.4 Å². The highest BCUT2D eigenvalue weighted by Crippen LogP contribution is 2.23. The summed E-state index contributed by atoms with van der Waals surface area (Å²) in [6, 6.07) is 10.5. The van der Waals surface area contributed by atoms with Crippen LogP contribution in [0.25, 0.3) is 0 Å². The van der Waals surface area contributed by atoms with Crippen molar-refractivity contribution in [2.45, 2.75) is 26.8 Å². The molecule has 0 amide bonds. The second-order valence-electron chi connectivity index (χ2n) is 4.05. The number of rotatable bonds is 4. The molecule has 0 unspecified atom stereocenters. The van der Waals surface area contributed by atoms with E-state index in [0.29, 0.717) is 0 Å². The molecule has 1 aromatic carbocycles. The van der Waals surface area contributed by atoms with Gasteiger partial charge in [-0.2, -0.15) is 0 Å². The number of thiophene rings is 1. The van der Waals surface area contributed by atoms with E-state index in [1.165, 1.54) is 21.7 Å². The molecule has 3 heteroatoms. The summed E-state index contributed by atoms with van der Waals surface area (Å²) in [5, 5.41) is 3.43. The van der Waals surface area contributed by atoms with E-state index in [1.54, 1.807) is 11.3 Å². The highest BCUT2D eigenvalue weighted by Gasteiger charge is 2.00. The summed E-state index contributed by atoms with van der Waals surface area (Å²) in [5.74, 6) is 0. The van der Waals surface area contributed by atoms with Gasteiger partial charge in [-0.3, -0.25) is 0 Å². The molecule has 0 fully saturated rings. The fourth-order valence-corrected chi connectivity index (χ4v) is 2.83. The molecular weight excluding hydrogens is 250 g/mol. The lowest BCUT2D eigenvalue weighted by atomic mass is 10.1. The van der Waals surface area contributed by atoms with Crippen LogP contribution in [-0.4, -0.2) is 0 Å². The normalized spacial score (nSPS) is 10.5. The van der Waals surface area contributed by atoms with E-state index in [0.717, 1.165) is 17.3 Å². The highest BCUT2D eigenvalue weighted by atomic mass is 35.5. The van der Waals surface area contributed by atoms with Crippen molar-refractivity contribution >= 4 is 28.6 Å². The third-order valence-electron chi connectivity index (χ3n) is 2.83. The van der Waals surface area contributed by atoms with Gasteiger partial charge in [0.05, 0.1) is 4.34 Å². The topological polar surface area (TPSA) is 12.0 Å². The van der Waals surface area contributed by atoms with Gasteiger partial charge in [0.25, 0.3) is 0 Å². The first-order chi connectivity index (χ1) is 8.19. The Morgan fingerprint density at radius 2 is 2.06 bits per heavy atom. The first-order valence-corrected chi connectivity index (χ1v) is 6.96. The van der Waals surface area contributed by atoms with Crippen molar-refractivity contribution in [2.75, 3.05) is 5.32 Å². The number of nitrogens with one attached hydrogen (secondary N) is 1. The Labute approximate surface area is 111 Å². The Hall–Kier alpha value is -0.990. The maximum atomic E-state index is 5.90. The fraction of sp³-hybridized carbons (Fsp3) is 0.286. The molecule has 1 heterocycles. The lowest BCUT2D eigenvalue weighted by molar-refractivity contribution is 1.10. The number of anilines is 1. The molecule has 17 heavy (non-hydrogen) atoms. The zero-order valence-corrected chi connectivity index (χ0v) is 11.7. The smallest absolute Gasteiger partial charge is 0.0931 e. The third-order valence-corrected chi connectivity index (χ3v) is 4.06. The number of hydrogen-bond acceptors (Lipinski definition) is 2. The minimum atomic E-state index is 0.837. The summed E-state index contributed by atoms with van der Waals surface area (Å²) < 4.78 is 0.847. The summed E-state index contributed by atoms with van der Waals surface area (Å²) in [7, 11) is 0. The predicted molar refractivity (Wildman–Crippen MR) is 77.2 cm³/mol. The van der Waals surface area contributed by atoms with Crippen LogP contribution < -0.4 is 5.32 Å². The van der Waals surface area contributed by atoms with Crippen LogP contribution in [0.1, 0.15) is 22.9 Å². The number of hydrogen-bond donors (Lipinski definition) is 1. The molecule has 1 N–H and O–H groups in total. The average Bonchev–Trinajstić information content (AvgIpc) is 2.74. The quantitative estimate of drug-likeness (QED) is 0.830. The Morgan fingerprint density at radius 3 is 2.71 bits per heavy atom. The van der Waals surface area contributed by atoms with Crippen LogP contribution in [0.4, 0.5) is 5.69 Å². The maximum Gasteiger partial charge on any atom is 0.0931 e. The molecule has 0 atom stereocenters. The summed E-state index contributed by atoms with van der Waals surface area (Å²) in [6.45, 7) is 5.18. The van der Waals surface area contributed by atoms with Crippen molar-refractivity contribution in [3.8, 4) is 0 Å². The van der Waals surface area contributed by atoms with Crippen LogP contribution in [-0.2, 0) is 13.0 Å². The van der Waals surface area contributed by atoms with Gasteiger partial charge in [0.1, 0.15) is 0 Å². The van der Waals surface area contributed by atoms with Crippen LogP contribution in [0.5, 0.6) is 0 Å². The van der Waals surface area contributed by atoms with Gasteiger partial charge in [-0.05, 0) is 48.7 Å². The Kier molecular flexibility index (Phi) is 4.08. The van der Waals surface area contributed by atoms with Crippen molar-refractivity contribution in [1.29, 1.82) is 0 Å². The fourth-order valence-electron chi connectivity index (χ4n) is 1.80. The molecule has 0 radical (unpaired) electrons. The molecular formula is C14H16ClNS. The Bertz CT molecular complexity index is 505. The first-order valence-electron chi connectivity index (χ1n) is 5.76. The van der Waals surface area contributed by atoms with Gasteiger partial charge >= 0.3 is 0 Å². The zero-order chi connectivity index (χ0) is 12.3. The molecule has 0 bridgehead atoms. The largest absolute Gasteiger partial charge is 0.380 e. The van der Waals surface area contributed by atoms with Gasteiger partial charge < -0.3 is 5.32 Å². The van der Waals surface area contributed by atoms with Crippen LogP contribution in [0.3, 0.4) is 0 Å². The standard InChI is InChI=1S/C14H16ClNS/c1-3-11-8-12(5-4-10(11)2)16-9-13-6-7-14(15)17-13/h4-8,16H,3,9H2,1-2H3. The second kappa shape index (κ2) is 5.56. The van der Waals surface area contributed by atoms with E-state index in [4.69, 9.17) is 11.6 Å². The Morgan fingerprint density at radius 1 is 1.24 bits per heavy atom. The molecule has 2 rings (SSSR count). The molecule has 1 aromatic heterocycles. The molecule has 0 aliphatic rings. The van der Waals surface area contributed by atoms with E-state index >= 15 is 0 Å². The molecule has 0 aliphatic carbocycles. The van der Waals surface area contributed by atoms with Crippen molar-refractivity contribution in [3.63, 3.8) is 0 Å². The third kappa shape index (κ3) is 3.24. The number of halogens is 1. The van der Waals surface area contributed by atoms with Crippen LogP contribution in [0.2, 0.25) is 4.34 Å². The van der Waals surface area contributed by atoms with Gasteiger partial charge in [-0.1, -0.05) is 24.6 Å². The molecule has 90 valence electrons. The summed E-state index contributed by atoms with van der Waals surface area (Å²) in [5.41, 5.74) is 3.94. The monoisotopic (exact) mass is 265 g/mol. The minimum absolute atomic E-state index is 0.837. The van der Waals surface area contributed by atoms with Gasteiger partial charge in [-0.25, -0.2) is 0 Å². The molecule has 1 nitrogen and oxygen atoms in total. The summed E-state index contributed by atoms with van der Waals surface area (Å²) >= 11 is 7.52. The van der Waals surface area contributed by atoms with E-state index in [1.807, 2.05) is 6.07 Å². The van der Waals surface area contributed by atoms with Crippen molar-refractivity contribution in [1.82, 2.24) is 0 Å². The van der Waals surface area contributed by atoms with E-state index in [9.17, 15) is 0 Å². The average molecular weight is 266 g/mol. The summed E-state index contributed by atoms with van der Waals surface area (Å²) in [4.78, 5) is 1.26. The van der Waals surface area contributed by atoms with Crippen molar-refractivity contribution < 1.29 is 0 Å². The van der Waals surface area contributed by atoms with Crippen molar-refractivity contribution in [3.05, 3.63) is 50.7 Å². The predicted octanol–water partition coefficient (Wildman–Crippen LogP) is 4.88. The number of benzene rings is 1. The van der Waals surface area contributed by atoms with Gasteiger partial charge in [-0.15, -0.1) is 11.3 Å².